The lowest BCUT2D eigenvalue weighted by Crippen LogP contribution is -2.04. The molecule has 0 aliphatic carbocycles. The van der Waals surface area contributed by atoms with E-state index < -0.39 is 5.97 Å². The Hall–Kier alpha value is -2.27. The van der Waals surface area contributed by atoms with Gasteiger partial charge in [0.05, 0.1) is 11.9 Å². The topological polar surface area (TPSA) is 64.4 Å². The Kier molecular flexibility index (Phi) is 4.42. The molecule has 2 aromatic rings. The summed E-state index contributed by atoms with van der Waals surface area (Å²) in [7, 11) is 0. The maximum Gasteiger partial charge on any atom is 0.360 e. The van der Waals surface area contributed by atoms with Crippen molar-refractivity contribution in [3.8, 4) is 11.4 Å². The monoisotopic (exact) mass is 292 g/mol. The number of hydrogen-bond acceptors (Lipinski definition) is 3. The minimum Gasteiger partial charge on any atom is -0.485 e. The molecule has 0 aliphatic rings. The molecule has 1 aromatic carbocycles. The van der Waals surface area contributed by atoms with Gasteiger partial charge in [0.25, 0.3) is 0 Å². The van der Waals surface area contributed by atoms with Crippen LogP contribution in [0.5, 0.6) is 5.75 Å². The molecule has 1 aromatic heterocycles. The van der Waals surface area contributed by atoms with Crippen LogP contribution in [0.15, 0.2) is 47.6 Å². The first-order valence-corrected chi connectivity index (χ1v) is 6.32. The first-order chi connectivity index (χ1) is 9.61. The van der Waals surface area contributed by atoms with Gasteiger partial charge in [-0.3, -0.25) is 0 Å². The highest BCUT2D eigenvalue weighted by molar-refractivity contribution is 6.25. The number of benzene rings is 1. The van der Waals surface area contributed by atoms with Crippen LogP contribution in [0.2, 0.25) is 0 Å². The molecule has 1 heterocycles. The van der Waals surface area contributed by atoms with Crippen LogP contribution in [0.3, 0.4) is 0 Å². The Bertz CT molecular complexity index is 635. The van der Waals surface area contributed by atoms with Crippen LogP contribution in [0.4, 0.5) is 0 Å². The lowest BCUT2D eigenvalue weighted by atomic mass is 10.3. The van der Waals surface area contributed by atoms with E-state index >= 15 is 0 Å². The molecule has 1 N–H and O–H groups in total. The summed E-state index contributed by atoms with van der Waals surface area (Å²) in [5.41, 5.74) is 2.81. The predicted octanol–water partition coefficient (Wildman–Crippen LogP) is 3.09. The maximum atomic E-state index is 11.2. The highest BCUT2D eigenvalue weighted by atomic mass is 35.5. The molecule has 0 aliphatic heterocycles. The fraction of sp³-hybridized carbons (Fsp3) is 0.143. The number of ether oxygens (including phenoxy) is 1. The molecule has 0 atom stereocenters. The van der Waals surface area contributed by atoms with E-state index in [0.717, 1.165) is 11.3 Å². The molecule has 0 saturated heterocycles. The van der Waals surface area contributed by atoms with Gasteiger partial charge in [-0.2, -0.15) is 5.10 Å². The normalized spacial score (nSPS) is 11.4. The van der Waals surface area contributed by atoms with Crippen molar-refractivity contribution >= 4 is 17.6 Å². The zero-order valence-corrected chi connectivity index (χ0v) is 11.5. The molecule has 5 nitrogen and oxygen atoms in total. The van der Waals surface area contributed by atoms with Gasteiger partial charge < -0.3 is 9.84 Å². The number of rotatable bonds is 5. The van der Waals surface area contributed by atoms with Gasteiger partial charge in [0.2, 0.25) is 5.69 Å². The van der Waals surface area contributed by atoms with Crippen LogP contribution in [0, 0.1) is 0 Å². The molecule has 2 rings (SSSR count). The second kappa shape index (κ2) is 6.25. The summed E-state index contributed by atoms with van der Waals surface area (Å²) in [5, 5.41) is 13.2. The first-order valence-electron chi connectivity index (χ1n) is 5.89. The van der Waals surface area contributed by atoms with Crippen LogP contribution < -0.4 is 4.74 Å². The zero-order valence-electron chi connectivity index (χ0n) is 10.8. The molecule has 104 valence electrons. The number of para-hydroxylation sites is 1. The van der Waals surface area contributed by atoms with Crippen molar-refractivity contribution in [3.63, 3.8) is 0 Å². The standard InChI is InChI=1S/C14H13ClN2O3/c1-10(7-15)9-20-12-8-17(16-13(12)14(18)19)11-5-3-2-4-6-11/h2-8H,9H2,1H3,(H,18,19)/b10-7-. The third-order valence-electron chi connectivity index (χ3n) is 2.55. The van der Waals surface area contributed by atoms with Gasteiger partial charge >= 0.3 is 5.97 Å². The van der Waals surface area contributed by atoms with Crippen LogP contribution in [-0.4, -0.2) is 27.5 Å². The van der Waals surface area contributed by atoms with Crippen molar-refractivity contribution in [1.29, 1.82) is 0 Å². The van der Waals surface area contributed by atoms with Crippen molar-refractivity contribution in [2.24, 2.45) is 0 Å². The Morgan fingerprint density at radius 3 is 2.75 bits per heavy atom. The summed E-state index contributed by atoms with van der Waals surface area (Å²) in [6.45, 7) is 2.00. The minimum atomic E-state index is -1.14. The summed E-state index contributed by atoms with van der Waals surface area (Å²) in [6.07, 6.45) is 1.54. The summed E-state index contributed by atoms with van der Waals surface area (Å²) in [4.78, 5) is 11.2. The lowest BCUT2D eigenvalue weighted by Gasteiger charge is -2.03. The number of nitrogens with zero attached hydrogens (tertiary/aromatic N) is 2. The van der Waals surface area contributed by atoms with E-state index in [9.17, 15) is 4.79 Å². The zero-order chi connectivity index (χ0) is 14.5. The quantitative estimate of drug-likeness (QED) is 0.920. The molecule has 0 fully saturated rings. The van der Waals surface area contributed by atoms with Gasteiger partial charge in [-0.1, -0.05) is 29.8 Å². The number of carbonyl (C=O) groups is 1. The number of carboxylic acid groups (broad SMARTS) is 1. The number of carboxylic acids is 1. The SMILES string of the molecule is C/C(=C/Cl)COc1cn(-c2ccccc2)nc1C(=O)O. The van der Waals surface area contributed by atoms with Crippen molar-refractivity contribution < 1.29 is 14.6 Å². The van der Waals surface area contributed by atoms with Crippen LogP contribution in [-0.2, 0) is 0 Å². The third-order valence-corrected chi connectivity index (χ3v) is 2.92. The van der Waals surface area contributed by atoms with Gasteiger partial charge in [-0.05, 0) is 24.6 Å². The third kappa shape index (κ3) is 3.19. The predicted molar refractivity (Wildman–Crippen MR) is 75.6 cm³/mol. The maximum absolute atomic E-state index is 11.2. The molecule has 0 amide bonds. The number of aromatic nitrogens is 2. The molecule has 0 spiro atoms. The Balaban J connectivity index is 2.31. The lowest BCUT2D eigenvalue weighted by molar-refractivity contribution is 0.0686. The summed E-state index contributed by atoms with van der Waals surface area (Å²) in [5.74, 6) is -0.929. The molecule has 6 heteroatoms. The van der Waals surface area contributed by atoms with Crippen molar-refractivity contribution in [3.05, 3.63) is 53.3 Å². The van der Waals surface area contributed by atoms with Gasteiger partial charge in [-0.15, -0.1) is 0 Å². The molecule has 0 radical (unpaired) electrons. The van der Waals surface area contributed by atoms with E-state index in [4.69, 9.17) is 21.4 Å². The minimum absolute atomic E-state index is 0.128. The van der Waals surface area contributed by atoms with Crippen molar-refractivity contribution in [2.75, 3.05) is 6.61 Å². The summed E-state index contributed by atoms with van der Waals surface area (Å²) >= 11 is 5.54. The van der Waals surface area contributed by atoms with Crippen molar-refractivity contribution in [1.82, 2.24) is 9.78 Å². The first kappa shape index (κ1) is 14.1. The van der Waals surface area contributed by atoms with Gasteiger partial charge in [0.15, 0.2) is 5.75 Å². The van der Waals surface area contributed by atoms with Crippen molar-refractivity contribution in [2.45, 2.75) is 6.92 Å². The second-order valence-electron chi connectivity index (χ2n) is 4.17. The van der Waals surface area contributed by atoms with Gasteiger partial charge in [0, 0.05) is 5.54 Å². The Labute approximate surface area is 121 Å². The van der Waals surface area contributed by atoms with E-state index in [1.54, 1.807) is 13.1 Å². The van der Waals surface area contributed by atoms with E-state index in [-0.39, 0.29) is 18.1 Å². The molecule has 20 heavy (non-hydrogen) atoms. The highest BCUT2D eigenvalue weighted by Crippen LogP contribution is 2.20. The fourth-order valence-electron chi connectivity index (χ4n) is 1.55. The number of aromatic carboxylic acids is 1. The molecular weight excluding hydrogens is 280 g/mol. The smallest absolute Gasteiger partial charge is 0.360 e. The second-order valence-corrected chi connectivity index (χ2v) is 4.39. The Morgan fingerprint density at radius 2 is 2.15 bits per heavy atom. The average molecular weight is 293 g/mol. The largest absolute Gasteiger partial charge is 0.485 e. The fourth-order valence-corrected chi connectivity index (χ4v) is 1.61. The van der Waals surface area contributed by atoms with E-state index in [1.165, 1.54) is 10.2 Å². The Morgan fingerprint density at radius 1 is 1.45 bits per heavy atom. The van der Waals surface area contributed by atoms with E-state index in [0.29, 0.717) is 0 Å². The highest BCUT2D eigenvalue weighted by Gasteiger charge is 2.18. The van der Waals surface area contributed by atoms with Crippen LogP contribution in [0.25, 0.3) is 5.69 Å². The van der Waals surface area contributed by atoms with E-state index in [2.05, 4.69) is 5.10 Å². The molecule has 0 saturated carbocycles. The van der Waals surface area contributed by atoms with E-state index in [1.807, 2.05) is 30.3 Å². The number of halogens is 1. The number of hydrogen-bond donors (Lipinski definition) is 1. The van der Waals surface area contributed by atoms with Gasteiger partial charge in [-0.25, -0.2) is 9.48 Å². The summed E-state index contributed by atoms with van der Waals surface area (Å²) in [6, 6.07) is 9.21. The molecule has 0 bridgehead atoms. The molecule has 0 unspecified atom stereocenters. The summed E-state index contributed by atoms with van der Waals surface area (Å²) < 4.78 is 6.91. The molecular formula is C14H13ClN2O3. The van der Waals surface area contributed by atoms with Crippen LogP contribution >= 0.6 is 11.6 Å². The van der Waals surface area contributed by atoms with Gasteiger partial charge in [0.1, 0.15) is 6.61 Å². The average Bonchev–Trinajstić information content (AvgIpc) is 2.90. The van der Waals surface area contributed by atoms with Crippen LogP contribution in [0.1, 0.15) is 17.4 Å².